The lowest BCUT2D eigenvalue weighted by Crippen LogP contribution is -2.30. The van der Waals surface area contributed by atoms with Gasteiger partial charge in [0.2, 0.25) is 0 Å². The van der Waals surface area contributed by atoms with Crippen molar-refractivity contribution in [3.8, 4) is 5.75 Å². The van der Waals surface area contributed by atoms with Gasteiger partial charge in [-0.25, -0.2) is 4.79 Å². The summed E-state index contributed by atoms with van der Waals surface area (Å²) in [5, 5.41) is 2.66. The van der Waals surface area contributed by atoms with Gasteiger partial charge in [-0.1, -0.05) is 18.2 Å². The summed E-state index contributed by atoms with van der Waals surface area (Å²) < 4.78 is 16.7. The molecule has 0 aliphatic carbocycles. The first-order chi connectivity index (χ1) is 13.5. The van der Waals surface area contributed by atoms with Crippen LogP contribution < -0.4 is 15.8 Å². The fourth-order valence-electron chi connectivity index (χ4n) is 2.68. The maximum absolute atomic E-state index is 12.2. The van der Waals surface area contributed by atoms with Crippen molar-refractivity contribution in [1.82, 2.24) is 4.57 Å². The second-order valence-corrected chi connectivity index (χ2v) is 6.09. The van der Waals surface area contributed by atoms with E-state index in [9.17, 15) is 14.4 Å². The molecule has 0 saturated heterocycles. The number of fused-ring (bicyclic) bond motifs is 1. The highest BCUT2D eigenvalue weighted by molar-refractivity contribution is 5.95. The van der Waals surface area contributed by atoms with Crippen LogP contribution in [-0.2, 0) is 20.9 Å². The molecular formula is C20H20N2O6. The average molecular weight is 384 g/mol. The normalized spacial score (nSPS) is 11.8. The van der Waals surface area contributed by atoms with Crippen molar-refractivity contribution >= 4 is 28.7 Å². The summed E-state index contributed by atoms with van der Waals surface area (Å²) in [6, 6.07) is 13.8. The number of hydrogen-bond donors (Lipinski definition) is 1. The van der Waals surface area contributed by atoms with E-state index in [4.69, 9.17) is 13.9 Å². The predicted octanol–water partition coefficient (Wildman–Crippen LogP) is 2.56. The Hall–Kier alpha value is -3.55. The van der Waals surface area contributed by atoms with Crippen LogP contribution in [0.3, 0.4) is 0 Å². The summed E-state index contributed by atoms with van der Waals surface area (Å²) >= 11 is 0. The van der Waals surface area contributed by atoms with Crippen LogP contribution in [0.4, 0.5) is 5.69 Å². The molecule has 1 heterocycles. The van der Waals surface area contributed by atoms with Crippen LogP contribution in [0.15, 0.2) is 57.7 Å². The molecule has 1 N–H and O–H groups in total. The van der Waals surface area contributed by atoms with Crippen molar-refractivity contribution < 1.29 is 23.5 Å². The zero-order valence-electron chi connectivity index (χ0n) is 15.5. The highest BCUT2D eigenvalue weighted by Crippen LogP contribution is 2.17. The first kappa shape index (κ1) is 19.2. The maximum Gasteiger partial charge on any atom is 0.419 e. The summed E-state index contributed by atoms with van der Waals surface area (Å²) in [7, 11) is 1.53. The molecule has 0 bridgehead atoms. The van der Waals surface area contributed by atoms with Crippen molar-refractivity contribution in [2.45, 2.75) is 26.0 Å². The van der Waals surface area contributed by atoms with Gasteiger partial charge in [0, 0.05) is 18.3 Å². The Morgan fingerprint density at radius 2 is 1.96 bits per heavy atom. The van der Waals surface area contributed by atoms with Gasteiger partial charge in [-0.2, -0.15) is 0 Å². The number of aromatic nitrogens is 1. The Morgan fingerprint density at radius 3 is 2.75 bits per heavy atom. The number of hydrogen-bond acceptors (Lipinski definition) is 6. The molecule has 0 spiro atoms. The highest BCUT2D eigenvalue weighted by atomic mass is 16.5. The largest absolute Gasteiger partial charge is 0.497 e. The molecule has 1 atom stereocenters. The lowest BCUT2D eigenvalue weighted by molar-refractivity contribution is -0.153. The molecule has 3 aromatic rings. The molecule has 0 radical (unpaired) electrons. The molecule has 0 saturated carbocycles. The minimum absolute atomic E-state index is 0.0692. The number of anilines is 1. The lowest BCUT2D eigenvalue weighted by atomic mass is 10.2. The number of benzene rings is 2. The zero-order valence-corrected chi connectivity index (χ0v) is 15.5. The van der Waals surface area contributed by atoms with Crippen molar-refractivity contribution in [1.29, 1.82) is 0 Å². The third kappa shape index (κ3) is 4.40. The Bertz CT molecular complexity index is 1050. The molecule has 0 fully saturated rings. The Balaban J connectivity index is 1.55. The van der Waals surface area contributed by atoms with E-state index in [2.05, 4.69) is 5.32 Å². The van der Waals surface area contributed by atoms with Crippen LogP contribution in [0.25, 0.3) is 11.1 Å². The number of nitrogens with zero attached hydrogens (tertiary/aromatic N) is 1. The maximum atomic E-state index is 12.2. The number of para-hydroxylation sites is 2. The molecule has 3 rings (SSSR count). The summed E-state index contributed by atoms with van der Waals surface area (Å²) in [4.78, 5) is 36.2. The van der Waals surface area contributed by atoms with Crippen molar-refractivity contribution in [3.63, 3.8) is 0 Å². The van der Waals surface area contributed by atoms with Crippen LogP contribution in [0.1, 0.15) is 13.3 Å². The fourth-order valence-corrected chi connectivity index (χ4v) is 2.68. The van der Waals surface area contributed by atoms with E-state index in [0.717, 1.165) is 0 Å². The van der Waals surface area contributed by atoms with E-state index in [1.807, 2.05) is 0 Å². The molecule has 2 aromatic carbocycles. The molecule has 1 aromatic heterocycles. The van der Waals surface area contributed by atoms with Gasteiger partial charge in [-0.3, -0.25) is 14.2 Å². The topological polar surface area (TPSA) is 99.8 Å². The van der Waals surface area contributed by atoms with Gasteiger partial charge in [-0.05, 0) is 31.2 Å². The molecule has 28 heavy (non-hydrogen) atoms. The standard InChI is InChI=1S/C20H20N2O6/c1-13(19(24)21-14-6-5-7-15(12-14)26-2)27-18(23)10-11-22-16-8-3-4-9-17(16)28-20(22)25/h3-9,12-13H,10-11H2,1-2H3,(H,21,24)/t13-/m0/s1. The van der Waals surface area contributed by atoms with E-state index in [1.54, 1.807) is 48.5 Å². The highest BCUT2D eigenvalue weighted by Gasteiger charge is 2.19. The monoisotopic (exact) mass is 384 g/mol. The second kappa shape index (κ2) is 8.43. The second-order valence-electron chi connectivity index (χ2n) is 6.09. The number of carbonyl (C=O) groups is 2. The summed E-state index contributed by atoms with van der Waals surface area (Å²) in [6.45, 7) is 1.58. The Kier molecular flexibility index (Phi) is 5.78. The number of amides is 1. The van der Waals surface area contributed by atoms with Crippen LogP contribution in [0, 0.1) is 0 Å². The number of nitrogens with one attached hydrogen (secondary N) is 1. The number of aryl methyl sites for hydroxylation is 1. The minimum atomic E-state index is -0.989. The van der Waals surface area contributed by atoms with Gasteiger partial charge < -0.3 is 19.2 Å². The smallest absolute Gasteiger partial charge is 0.419 e. The third-order valence-corrected chi connectivity index (χ3v) is 4.13. The molecular weight excluding hydrogens is 364 g/mol. The number of methoxy groups -OCH3 is 1. The summed E-state index contributed by atoms with van der Waals surface area (Å²) in [5.74, 6) is -1.00. The Labute approximate surface area is 160 Å². The predicted molar refractivity (Wildman–Crippen MR) is 102 cm³/mol. The first-order valence-electron chi connectivity index (χ1n) is 8.70. The van der Waals surface area contributed by atoms with E-state index in [0.29, 0.717) is 22.5 Å². The van der Waals surface area contributed by atoms with Crippen molar-refractivity contribution in [2.24, 2.45) is 0 Å². The van der Waals surface area contributed by atoms with Crippen molar-refractivity contribution in [2.75, 3.05) is 12.4 Å². The number of oxazole rings is 1. The van der Waals surface area contributed by atoms with E-state index >= 15 is 0 Å². The van der Waals surface area contributed by atoms with Gasteiger partial charge >= 0.3 is 11.7 Å². The number of carbonyl (C=O) groups excluding carboxylic acids is 2. The number of rotatable bonds is 7. The van der Waals surface area contributed by atoms with Crippen LogP contribution in [0.2, 0.25) is 0 Å². The minimum Gasteiger partial charge on any atom is -0.497 e. The molecule has 8 nitrogen and oxygen atoms in total. The first-order valence-corrected chi connectivity index (χ1v) is 8.70. The summed E-state index contributed by atoms with van der Waals surface area (Å²) in [5.41, 5.74) is 1.58. The Morgan fingerprint density at radius 1 is 1.18 bits per heavy atom. The van der Waals surface area contributed by atoms with E-state index in [1.165, 1.54) is 18.6 Å². The van der Waals surface area contributed by atoms with E-state index in [-0.39, 0.29) is 13.0 Å². The van der Waals surface area contributed by atoms with Gasteiger partial charge in [-0.15, -0.1) is 0 Å². The lowest BCUT2D eigenvalue weighted by Gasteiger charge is -2.14. The van der Waals surface area contributed by atoms with Crippen LogP contribution >= 0.6 is 0 Å². The van der Waals surface area contributed by atoms with Crippen LogP contribution in [0.5, 0.6) is 5.75 Å². The average Bonchev–Trinajstić information content (AvgIpc) is 3.01. The molecule has 0 aliphatic rings. The molecule has 0 aliphatic heterocycles. The van der Waals surface area contributed by atoms with Gasteiger partial charge in [0.1, 0.15) is 5.75 Å². The third-order valence-electron chi connectivity index (χ3n) is 4.13. The van der Waals surface area contributed by atoms with Gasteiger partial charge in [0.05, 0.1) is 19.0 Å². The summed E-state index contributed by atoms with van der Waals surface area (Å²) in [6.07, 6.45) is -1.06. The van der Waals surface area contributed by atoms with Gasteiger partial charge in [0.25, 0.3) is 5.91 Å². The SMILES string of the molecule is COc1cccc(NC(=O)[C@H](C)OC(=O)CCn2c(=O)oc3ccccc32)c1. The molecule has 8 heteroatoms. The van der Waals surface area contributed by atoms with Crippen LogP contribution in [-0.4, -0.2) is 29.7 Å². The fraction of sp³-hybridized carbons (Fsp3) is 0.250. The quantitative estimate of drug-likeness (QED) is 0.629. The number of ether oxygens (including phenoxy) is 2. The van der Waals surface area contributed by atoms with E-state index < -0.39 is 23.7 Å². The molecule has 1 amide bonds. The van der Waals surface area contributed by atoms with Gasteiger partial charge in [0.15, 0.2) is 11.7 Å². The molecule has 0 unspecified atom stereocenters. The zero-order chi connectivity index (χ0) is 20.1. The number of esters is 1. The van der Waals surface area contributed by atoms with Crippen molar-refractivity contribution in [3.05, 3.63) is 59.1 Å². The molecule has 146 valence electrons.